The Labute approximate surface area is 139 Å². The van der Waals surface area contributed by atoms with Crippen LogP contribution in [0.4, 0.5) is 0 Å². The molecule has 1 aromatic carbocycles. The van der Waals surface area contributed by atoms with Crippen LogP contribution >= 0.6 is 11.3 Å². The quantitative estimate of drug-likeness (QED) is 0.757. The molecule has 0 spiro atoms. The van der Waals surface area contributed by atoms with E-state index in [1.54, 1.807) is 22.3 Å². The molecule has 3 aromatic rings. The van der Waals surface area contributed by atoms with Gasteiger partial charge in [0.05, 0.1) is 11.7 Å². The van der Waals surface area contributed by atoms with Crippen molar-refractivity contribution in [2.75, 3.05) is 0 Å². The van der Waals surface area contributed by atoms with Gasteiger partial charge >= 0.3 is 0 Å². The van der Waals surface area contributed by atoms with Gasteiger partial charge in [-0.25, -0.2) is 9.67 Å². The number of hydrogen-bond acceptors (Lipinski definition) is 4. The molecule has 3 rings (SSSR count). The van der Waals surface area contributed by atoms with Gasteiger partial charge in [0.15, 0.2) is 0 Å². The summed E-state index contributed by atoms with van der Waals surface area (Å²) in [6.07, 6.45) is 4.47. The summed E-state index contributed by atoms with van der Waals surface area (Å²) < 4.78 is 1.70. The van der Waals surface area contributed by atoms with Crippen LogP contribution < -0.4 is 5.32 Å². The van der Waals surface area contributed by atoms with Crippen LogP contribution in [0.2, 0.25) is 0 Å². The fraction of sp³-hybridized carbons (Fsp3) is 0.235. The molecule has 2 aromatic heterocycles. The van der Waals surface area contributed by atoms with Crippen LogP contribution in [0.15, 0.2) is 54.4 Å². The van der Waals surface area contributed by atoms with E-state index in [4.69, 9.17) is 0 Å². The van der Waals surface area contributed by atoms with Gasteiger partial charge in [-0.1, -0.05) is 18.2 Å². The molecule has 0 saturated carbocycles. The maximum absolute atomic E-state index is 12.0. The van der Waals surface area contributed by atoms with Gasteiger partial charge in [0, 0.05) is 11.3 Å². The van der Waals surface area contributed by atoms with Crippen molar-refractivity contribution in [2.45, 2.75) is 25.8 Å². The molecule has 5 nitrogen and oxygen atoms in total. The zero-order valence-corrected chi connectivity index (χ0v) is 13.7. The maximum Gasteiger partial charge on any atom is 0.220 e. The van der Waals surface area contributed by atoms with Crippen molar-refractivity contribution in [3.8, 4) is 5.69 Å². The number of hydrogen-bond donors (Lipinski definition) is 1. The molecule has 0 aliphatic heterocycles. The van der Waals surface area contributed by atoms with E-state index in [0.29, 0.717) is 6.42 Å². The van der Waals surface area contributed by atoms with Crippen molar-refractivity contribution in [1.82, 2.24) is 20.1 Å². The number of amides is 1. The second-order valence-corrected chi connectivity index (χ2v) is 6.33. The molecule has 6 heteroatoms. The van der Waals surface area contributed by atoms with Crippen molar-refractivity contribution in [3.63, 3.8) is 0 Å². The molecule has 0 aliphatic carbocycles. The Morgan fingerprint density at radius 1 is 1.30 bits per heavy atom. The van der Waals surface area contributed by atoms with Crippen LogP contribution in [0.3, 0.4) is 0 Å². The summed E-state index contributed by atoms with van der Waals surface area (Å²) in [4.78, 5) is 17.2. The third-order valence-electron chi connectivity index (χ3n) is 3.63. The van der Waals surface area contributed by atoms with Gasteiger partial charge in [0.1, 0.15) is 12.7 Å². The lowest BCUT2D eigenvalue weighted by molar-refractivity contribution is -0.121. The first-order chi connectivity index (χ1) is 11.2. The minimum Gasteiger partial charge on any atom is -0.350 e. The second-order valence-electron chi connectivity index (χ2n) is 5.30. The molecule has 0 fully saturated rings. The lowest BCUT2D eigenvalue weighted by atomic mass is 10.1. The van der Waals surface area contributed by atoms with Crippen LogP contribution in [0.5, 0.6) is 0 Å². The van der Waals surface area contributed by atoms with E-state index in [0.717, 1.165) is 17.7 Å². The number of nitrogens with one attached hydrogen (secondary N) is 1. The van der Waals surface area contributed by atoms with E-state index in [2.05, 4.69) is 21.5 Å². The molecule has 1 N–H and O–H groups in total. The van der Waals surface area contributed by atoms with Gasteiger partial charge in [-0.3, -0.25) is 4.79 Å². The first kappa shape index (κ1) is 15.4. The molecule has 0 bridgehead atoms. The highest BCUT2D eigenvalue weighted by Crippen LogP contribution is 2.16. The lowest BCUT2D eigenvalue weighted by Crippen LogP contribution is -2.26. The lowest BCUT2D eigenvalue weighted by Gasteiger charge is -2.14. The summed E-state index contributed by atoms with van der Waals surface area (Å²) in [6.45, 7) is 1.99. The Kier molecular flexibility index (Phi) is 4.83. The number of carbonyl (C=O) groups excluding carboxylic acids is 1. The fourth-order valence-electron chi connectivity index (χ4n) is 2.35. The summed E-state index contributed by atoms with van der Waals surface area (Å²) in [7, 11) is 0. The van der Waals surface area contributed by atoms with Gasteiger partial charge in [0.2, 0.25) is 5.91 Å². The SMILES string of the molecule is CC(NC(=O)CCc1cccs1)c1ccc(-n2cncn2)cc1. The van der Waals surface area contributed by atoms with Crippen LogP contribution in [-0.4, -0.2) is 20.7 Å². The van der Waals surface area contributed by atoms with Crippen molar-refractivity contribution in [1.29, 1.82) is 0 Å². The van der Waals surface area contributed by atoms with Crippen molar-refractivity contribution >= 4 is 17.2 Å². The predicted molar refractivity (Wildman–Crippen MR) is 90.6 cm³/mol. The highest BCUT2D eigenvalue weighted by atomic mass is 32.1. The molecule has 0 saturated heterocycles. The molecular weight excluding hydrogens is 308 g/mol. The average Bonchev–Trinajstić information content (AvgIpc) is 3.26. The number of aryl methyl sites for hydroxylation is 1. The number of benzene rings is 1. The first-order valence-corrected chi connectivity index (χ1v) is 8.37. The van der Waals surface area contributed by atoms with Crippen LogP contribution in [0.1, 0.15) is 29.8 Å². The molecule has 0 radical (unpaired) electrons. The zero-order valence-electron chi connectivity index (χ0n) is 12.8. The van der Waals surface area contributed by atoms with Gasteiger partial charge in [-0.15, -0.1) is 11.3 Å². The van der Waals surface area contributed by atoms with Crippen molar-refractivity contribution in [3.05, 3.63) is 64.9 Å². The van der Waals surface area contributed by atoms with E-state index in [9.17, 15) is 4.79 Å². The van der Waals surface area contributed by atoms with Crippen molar-refractivity contribution in [2.24, 2.45) is 0 Å². The highest BCUT2D eigenvalue weighted by molar-refractivity contribution is 7.09. The topological polar surface area (TPSA) is 59.8 Å². The number of carbonyl (C=O) groups is 1. The average molecular weight is 326 g/mol. The van der Waals surface area contributed by atoms with Crippen LogP contribution in [0.25, 0.3) is 5.69 Å². The largest absolute Gasteiger partial charge is 0.350 e. The number of rotatable bonds is 6. The molecule has 1 unspecified atom stereocenters. The van der Waals surface area contributed by atoms with Crippen LogP contribution in [0, 0.1) is 0 Å². The Balaban J connectivity index is 1.55. The molecule has 2 heterocycles. The molecule has 0 aliphatic rings. The predicted octanol–water partition coefficient (Wildman–Crippen LogP) is 3.14. The standard InChI is InChI=1S/C17H18N4OS/c1-13(20-17(22)9-8-16-3-2-10-23-16)14-4-6-15(7-5-14)21-12-18-11-19-21/h2-7,10-13H,8-9H2,1H3,(H,20,22). The fourth-order valence-corrected chi connectivity index (χ4v) is 3.05. The smallest absolute Gasteiger partial charge is 0.220 e. The Morgan fingerprint density at radius 3 is 2.78 bits per heavy atom. The monoisotopic (exact) mass is 326 g/mol. The molecule has 1 atom stereocenters. The summed E-state index contributed by atoms with van der Waals surface area (Å²) in [5, 5.41) is 9.17. The minimum absolute atomic E-state index is 0.0179. The first-order valence-electron chi connectivity index (χ1n) is 7.49. The number of thiophene rings is 1. The van der Waals surface area contributed by atoms with Gasteiger partial charge in [-0.05, 0) is 42.5 Å². The molecule has 23 heavy (non-hydrogen) atoms. The Hall–Kier alpha value is -2.47. The van der Waals surface area contributed by atoms with E-state index < -0.39 is 0 Å². The third kappa shape index (κ3) is 4.04. The van der Waals surface area contributed by atoms with E-state index >= 15 is 0 Å². The zero-order chi connectivity index (χ0) is 16.1. The number of nitrogens with zero attached hydrogens (tertiary/aromatic N) is 3. The normalized spacial score (nSPS) is 12.0. The van der Waals surface area contributed by atoms with E-state index in [1.165, 1.54) is 11.2 Å². The third-order valence-corrected chi connectivity index (χ3v) is 4.57. The van der Waals surface area contributed by atoms with Gasteiger partial charge in [-0.2, -0.15) is 5.10 Å². The van der Waals surface area contributed by atoms with Crippen molar-refractivity contribution < 1.29 is 4.79 Å². The summed E-state index contributed by atoms with van der Waals surface area (Å²) in [5.74, 6) is 0.0752. The van der Waals surface area contributed by atoms with Gasteiger partial charge < -0.3 is 5.32 Å². The highest BCUT2D eigenvalue weighted by Gasteiger charge is 2.10. The van der Waals surface area contributed by atoms with Crippen LogP contribution in [-0.2, 0) is 11.2 Å². The molecular formula is C17H18N4OS. The van der Waals surface area contributed by atoms with E-state index in [1.807, 2.05) is 42.6 Å². The summed E-state index contributed by atoms with van der Waals surface area (Å²) in [5.41, 5.74) is 2.01. The maximum atomic E-state index is 12.0. The molecule has 118 valence electrons. The number of aromatic nitrogens is 3. The second kappa shape index (κ2) is 7.19. The van der Waals surface area contributed by atoms with Gasteiger partial charge in [0.25, 0.3) is 0 Å². The van der Waals surface area contributed by atoms with E-state index in [-0.39, 0.29) is 11.9 Å². The summed E-state index contributed by atoms with van der Waals surface area (Å²) in [6, 6.07) is 12.0. The Morgan fingerprint density at radius 2 is 2.13 bits per heavy atom. The minimum atomic E-state index is -0.0179. The Bertz CT molecular complexity index is 736. The summed E-state index contributed by atoms with van der Waals surface area (Å²) >= 11 is 1.69. The molecule has 1 amide bonds.